The van der Waals surface area contributed by atoms with Crippen molar-refractivity contribution in [3.05, 3.63) is 105 Å². The number of amides is 1. The van der Waals surface area contributed by atoms with Crippen molar-refractivity contribution in [1.29, 1.82) is 0 Å². The first-order valence-corrected chi connectivity index (χ1v) is 11.2. The summed E-state index contributed by atoms with van der Waals surface area (Å²) in [6, 6.07) is 20.3. The van der Waals surface area contributed by atoms with Crippen LogP contribution in [0.25, 0.3) is 16.7 Å². The van der Waals surface area contributed by atoms with Gasteiger partial charge in [0.15, 0.2) is 5.78 Å². The molecule has 0 fully saturated rings. The van der Waals surface area contributed by atoms with Crippen LogP contribution in [0.2, 0.25) is 0 Å². The number of carbonyl (C=O) groups is 2. The van der Waals surface area contributed by atoms with E-state index in [1.165, 1.54) is 11.4 Å². The molecular formula is C27H23N5O3. The maximum Gasteiger partial charge on any atom is 0.296 e. The van der Waals surface area contributed by atoms with E-state index in [0.29, 0.717) is 28.8 Å². The van der Waals surface area contributed by atoms with Crippen LogP contribution in [0.15, 0.2) is 71.5 Å². The molecule has 0 aliphatic carbocycles. The van der Waals surface area contributed by atoms with Crippen LogP contribution in [0.5, 0.6) is 0 Å². The zero-order valence-electron chi connectivity index (χ0n) is 19.6. The van der Waals surface area contributed by atoms with E-state index in [0.717, 1.165) is 16.7 Å². The summed E-state index contributed by atoms with van der Waals surface area (Å²) < 4.78 is 3.08. The Hall–Kier alpha value is -4.59. The topological polar surface area (TPSA) is 98.4 Å². The molecule has 1 N–H and O–H groups in total. The average Bonchev–Trinajstić information content (AvgIpc) is 3.29. The maximum atomic E-state index is 13.5. The lowest BCUT2D eigenvalue weighted by atomic mass is 10.1. The van der Waals surface area contributed by atoms with Gasteiger partial charge in [-0.2, -0.15) is 4.98 Å². The maximum absolute atomic E-state index is 13.5. The van der Waals surface area contributed by atoms with Gasteiger partial charge >= 0.3 is 0 Å². The number of aryl methyl sites for hydroxylation is 2. The van der Waals surface area contributed by atoms with Crippen molar-refractivity contribution in [2.45, 2.75) is 27.3 Å². The highest BCUT2D eigenvalue weighted by Gasteiger charge is 2.20. The van der Waals surface area contributed by atoms with Crippen molar-refractivity contribution < 1.29 is 9.59 Å². The Morgan fingerprint density at radius 2 is 1.66 bits per heavy atom. The molecule has 3 aromatic carbocycles. The Balaban J connectivity index is 1.60. The fraction of sp³-hybridized carbons (Fsp3) is 0.148. The second-order valence-corrected chi connectivity index (χ2v) is 8.63. The molecule has 0 saturated carbocycles. The number of Topliss-reactive ketones (excluding diaryl/α,β-unsaturated/α-hetero) is 1. The lowest BCUT2D eigenvalue weighted by Gasteiger charge is -2.12. The number of rotatable bonds is 5. The van der Waals surface area contributed by atoms with Gasteiger partial charge in [0.1, 0.15) is 0 Å². The van der Waals surface area contributed by atoms with Crippen LogP contribution in [0.1, 0.15) is 44.6 Å². The first kappa shape index (κ1) is 22.2. The Morgan fingerprint density at radius 3 is 2.40 bits per heavy atom. The lowest BCUT2D eigenvalue weighted by molar-refractivity contribution is 0.100. The molecule has 8 heteroatoms. The van der Waals surface area contributed by atoms with E-state index in [1.807, 2.05) is 56.3 Å². The van der Waals surface area contributed by atoms with Crippen molar-refractivity contribution in [2.24, 2.45) is 0 Å². The third-order valence-corrected chi connectivity index (χ3v) is 5.88. The molecule has 0 saturated heterocycles. The fourth-order valence-electron chi connectivity index (χ4n) is 4.01. The molecule has 5 aromatic rings. The van der Waals surface area contributed by atoms with Crippen molar-refractivity contribution in [3.8, 4) is 0 Å². The van der Waals surface area contributed by atoms with E-state index < -0.39 is 5.91 Å². The van der Waals surface area contributed by atoms with Crippen LogP contribution in [-0.2, 0) is 6.54 Å². The number of nitrogens with zero attached hydrogens (tertiary/aromatic N) is 4. The largest absolute Gasteiger partial charge is 0.319 e. The van der Waals surface area contributed by atoms with Crippen LogP contribution >= 0.6 is 0 Å². The fourth-order valence-corrected chi connectivity index (χ4v) is 4.01. The van der Waals surface area contributed by atoms with E-state index in [1.54, 1.807) is 28.8 Å². The first-order valence-electron chi connectivity index (χ1n) is 11.2. The third kappa shape index (κ3) is 4.21. The van der Waals surface area contributed by atoms with Gasteiger partial charge in [0.2, 0.25) is 11.5 Å². The van der Waals surface area contributed by atoms with Gasteiger partial charge in [-0.25, -0.2) is 4.52 Å². The van der Waals surface area contributed by atoms with E-state index in [9.17, 15) is 14.4 Å². The molecule has 2 aromatic heterocycles. The summed E-state index contributed by atoms with van der Waals surface area (Å²) >= 11 is 0. The van der Waals surface area contributed by atoms with Gasteiger partial charge in [0.25, 0.3) is 11.5 Å². The molecular weight excluding hydrogens is 442 g/mol. The summed E-state index contributed by atoms with van der Waals surface area (Å²) in [5, 5.41) is 7.07. The Labute approximate surface area is 200 Å². The first-order chi connectivity index (χ1) is 16.8. The average molecular weight is 466 g/mol. The highest BCUT2D eigenvalue weighted by atomic mass is 16.2. The predicted molar refractivity (Wildman–Crippen MR) is 134 cm³/mol. The van der Waals surface area contributed by atoms with Gasteiger partial charge < -0.3 is 5.32 Å². The van der Waals surface area contributed by atoms with Crippen LogP contribution < -0.4 is 10.9 Å². The quantitative estimate of drug-likeness (QED) is 0.393. The number of anilines is 1. The minimum atomic E-state index is -0.570. The standard InChI is InChI=1S/C27H23N5O3/c1-16-7-10-19(11-8-16)15-31-23-13-17(2)9-12-22(23)32-25(27(31)35)29-24(30-32)26(34)28-21-6-4-5-20(14-21)18(3)33/h4-14H,15H2,1-3H3,(H,28,34). The third-order valence-electron chi connectivity index (χ3n) is 5.88. The number of aromatic nitrogens is 4. The van der Waals surface area contributed by atoms with Crippen LogP contribution in [0.4, 0.5) is 5.69 Å². The molecule has 0 unspecified atom stereocenters. The number of fused-ring (bicyclic) bond motifs is 3. The number of hydrogen-bond acceptors (Lipinski definition) is 5. The SMILES string of the molecule is CC(=O)c1cccc(NC(=O)c2nc3c(=O)n(Cc4ccc(C)cc4)c4cc(C)ccc4n3n2)c1. The van der Waals surface area contributed by atoms with Gasteiger partial charge in [-0.05, 0) is 56.2 Å². The molecule has 0 spiro atoms. The van der Waals surface area contributed by atoms with Crippen LogP contribution in [0.3, 0.4) is 0 Å². The van der Waals surface area contributed by atoms with Crippen LogP contribution in [0, 0.1) is 13.8 Å². The summed E-state index contributed by atoms with van der Waals surface area (Å²) in [5.74, 6) is -0.813. The van der Waals surface area contributed by atoms with E-state index >= 15 is 0 Å². The van der Waals surface area contributed by atoms with E-state index in [4.69, 9.17) is 0 Å². The monoisotopic (exact) mass is 465 g/mol. The van der Waals surface area contributed by atoms with Gasteiger partial charge in [-0.3, -0.25) is 19.0 Å². The molecule has 0 radical (unpaired) electrons. The Kier molecular flexibility index (Phi) is 5.49. The number of hydrogen-bond donors (Lipinski definition) is 1. The minimum absolute atomic E-state index is 0.0658. The van der Waals surface area contributed by atoms with Crippen molar-refractivity contribution >= 4 is 34.1 Å². The lowest BCUT2D eigenvalue weighted by Crippen LogP contribution is -2.24. The highest BCUT2D eigenvalue weighted by Crippen LogP contribution is 2.18. The molecule has 35 heavy (non-hydrogen) atoms. The van der Waals surface area contributed by atoms with Gasteiger partial charge in [-0.15, -0.1) is 5.10 Å². The molecule has 8 nitrogen and oxygen atoms in total. The van der Waals surface area contributed by atoms with Gasteiger partial charge in [0.05, 0.1) is 17.6 Å². The van der Waals surface area contributed by atoms with E-state index in [-0.39, 0.29) is 22.8 Å². The molecule has 0 bridgehead atoms. The summed E-state index contributed by atoms with van der Waals surface area (Å²) in [5.41, 5.74) is 5.13. The summed E-state index contributed by atoms with van der Waals surface area (Å²) in [6.07, 6.45) is 0. The molecule has 0 aliphatic rings. The molecule has 1 amide bonds. The number of benzene rings is 3. The summed E-state index contributed by atoms with van der Waals surface area (Å²) in [6.45, 7) is 5.79. The second-order valence-electron chi connectivity index (χ2n) is 8.63. The minimum Gasteiger partial charge on any atom is -0.319 e. The molecule has 174 valence electrons. The predicted octanol–water partition coefficient (Wildman–Crippen LogP) is 4.16. The molecule has 2 heterocycles. The number of ketones is 1. The van der Waals surface area contributed by atoms with Crippen molar-refractivity contribution in [2.75, 3.05) is 5.32 Å². The van der Waals surface area contributed by atoms with Gasteiger partial charge in [0, 0.05) is 11.3 Å². The normalized spacial score (nSPS) is 11.2. The smallest absolute Gasteiger partial charge is 0.296 e. The molecule has 0 aliphatic heterocycles. The molecule has 0 atom stereocenters. The number of nitrogens with one attached hydrogen (secondary N) is 1. The highest BCUT2D eigenvalue weighted by molar-refractivity contribution is 6.03. The summed E-state index contributed by atoms with van der Waals surface area (Å²) in [7, 11) is 0. The number of carbonyl (C=O) groups excluding carboxylic acids is 2. The van der Waals surface area contributed by atoms with Gasteiger partial charge in [-0.1, -0.05) is 48.0 Å². The van der Waals surface area contributed by atoms with Crippen molar-refractivity contribution in [1.82, 2.24) is 19.2 Å². The van der Waals surface area contributed by atoms with E-state index in [2.05, 4.69) is 15.4 Å². The Morgan fingerprint density at radius 1 is 0.914 bits per heavy atom. The summed E-state index contributed by atoms with van der Waals surface area (Å²) in [4.78, 5) is 42.4. The molecule has 5 rings (SSSR count). The second kappa shape index (κ2) is 8.64. The van der Waals surface area contributed by atoms with Crippen LogP contribution in [-0.4, -0.2) is 30.9 Å². The van der Waals surface area contributed by atoms with Crippen molar-refractivity contribution in [3.63, 3.8) is 0 Å². The zero-order chi connectivity index (χ0) is 24.7. The Bertz CT molecular complexity index is 1680. The zero-order valence-corrected chi connectivity index (χ0v) is 19.6.